The van der Waals surface area contributed by atoms with Crippen LogP contribution in [-0.2, 0) is 19.1 Å². The van der Waals surface area contributed by atoms with Crippen LogP contribution in [0.5, 0.6) is 0 Å². The molecule has 6 heteroatoms. The quantitative estimate of drug-likeness (QED) is 0.547. The molecule has 6 nitrogen and oxygen atoms in total. The van der Waals surface area contributed by atoms with E-state index in [2.05, 4.69) is 13.5 Å². The molecule has 0 aromatic heterocycles. The van der Waals surface area contributed by atoms with E-state index in [1.807, 2.05) is 0 Å². The van der Waals surface area contributed by atoms with Crippen LogP contribution in [0.3, 0.4) is 0 Å². The number of hydrogen-bond donors (Lipinski definition) is 2. The lowest BCUT2D eigenvalue weighted by molar-refractivity contribution is -0.166. The van der Waals surface area contributed by atoms with Gasteiger partial charge in [-0.25, -0.2) is 0 Å². The zero-order chi connectivity index (χ0) is 20.5. The van der Waals surface area contributed by atoms with Crippen molar-refractivity contribution in [3.05, 3.63) is 12.2 Å². The first-order valence-electron chi connectivity index (χ1n) is 10.3. The first-order valence-corrected chi connectivity index (χ1v) is 10.3. The van der Waals surface area contributed by atoms with Crippen LogP contribution in [0, 0.1) is 34.0 Å². The molecule has 0 aromatic rings. The standard InChI is InChI=1S/C22H32O6/c1-13-10-21-11-22(13,28-12-27-4)9-6-14(21)19(2)7-5-8-20(3,18(25)26)16(19)15(21)17(23)24/h14-16H,1,5-12H2,2-4H3,(H,23,24)(H,25,26)/t14-,15+,16-,19-,20+,21-,22-/m0/s1. The van der Waals surface area contributed by atoms with Crippen LogP contribution in [0.4, 0.5) is 0 Å². The van der Waals surface area contributed by atoms with Gasteiger partial charge in [-0.05, 0) is 73.7 Å². The molecule has 4 fully saturated rings. The SMILES string of the molecule is C=C1C[C@]23C[C@@]1(OCOC)CC[C@H]2[C@]1(C)CCC[C@@](C)(C(=O)O)[C@H]1[C@@H]3C(=O)O. The Labute approximate surface area is 166 Å². The van der Waals surface area contributed by atoms with Crippen LogP contribution < -0.4 is 0 Å². The summed E-state index contributed by atoms with van der Waals surface area (Å²) in [6.07, 6.45) is 5.17. The van der Waals surface area contributed by atoms with Gasteiger partial charge in [0.25, 0.3) is 0 Å². The molecule has 0 heterocycles. The summed E-state index contributed by atoms with van der Waals surface area (Å²) < 4.78 is 11.3. The number of hydrogen-bond acceptors (Lipinski definition) is 4. The molecule has 4 saturated carbocycles. The first kappa shape index (κ1) is 19.9. The summed E-state index contributed by atoms with van der Waals surface area (Å²) in [6, 6.07) is 0. The van der Waals surface area contributed by atoms with Gasteiger partial charge in [-0.3, -0.25) is 9.59 Å². The largest absolute Gasteiger partial charge is 0.481 e. The highest BCUT2D eigenvalue weighted by molar-refractivity contribution is 5.79. The lowest BCUT2D eigenvalue weighted by Gasteiger charge is -2.50. The molecular weight excluding hydrogens is 360 g/mol. The fraction of sp³-hybridized carbons (Fsp3) is 0.818. The number of aliphatic carboxylic acids is 2. The highest BCUT2D eigenvalue weighted by Crippen LogP contribution is 2.78. The lowest BCUT2D eigenvalue weighted by Crippen LogP contribution is -2.50. The number of carbonyl (C=O) groups is 2. The van der Waals surface area contributed by atoms with E-state index in [0.29, 0.717) is 19.3 Å². The van der Waals surface area contributed by atoms with Crippen molar-refractivity contribution in [3.8, 4) is 0 Å². The summed E-state index contributed by atoms with van der Waals surface area (Å²) in [5.74, 6) is -2.59. The smallest absolute Gasteiger partial charge is 0.309 e. The average Bonchev–Trinajstić information content (AvgIpc) is 2.98. The number of methoxy groups -OCH3 is 1. The Morgan fingerprint density at radius 1 is 1.21 bits per heavy atom. The van der Waals surface area contributed by atoms with Crippen molar-refractivity contribution in [1.29, 1.82) is 0 Å². The van der Waals surface area contributed by atoms with E-state index in [1.165, 1.54) is 0 Å². The molecule has 2 N–H and O–H groups in total. The third kappa shape index (κ3) is 2.22. The molecule has 4 aliphatic carbocycles. The molecule has 0 aliphatic heterocycles. The van der Waals surface area contributed by atoms with Gasteiger partial charge in [0.2, 0.25) is 0 Å². The zero-order valence-corrected chi connectivity index (χ0v) is 17.1. The van der Waals surface area contributed by atoms with Gasteiger partial charge in [-0.1, -0.05) is 19.9 Å². The number of fused-ring (bicyclic) bond motifs is 3. The van der Waals surface area contributed by atoms with Gasteiger partial charge < -0.3 is 19.7 Å². The number of carboxylic acids is 2. The van der Waals surface area contributed by atoms with Gasteiger partial charge >= 0.3 is 11.9 Å². The van der Waals surface area contributed by atoms with E-state index in [1.54, 1.807) is 14.0 Å². The third-order valence-corrected chi connectivity index (χ3v) is 9.10. The monoisotopic (exact) mass is 392 g/mol. The van der Waals surface area contributed by atoms with Crippen LogP contribution in [0.2, 0.25) is 0 Å². The van der Waals surface area contributed by atoms with E-state index in [0.717, 1.165) is 31.3 Å². The molecule has 1 spiro atoms. The Morgan fingerprint density at radius 3 is 2.54 bits per heavy atom. The van der Waals surface area contributed by atoms with Gasteiger partial charge in [0.1, 0.15) is 6.79 Å². The van der Waals surface area contributed by atoms with Gasteiger partial charge in [0, 0.05) is 7.11 Å². The summed E-state index contributed by atoms with van der Waals surface area (Å²) >= 11 is 0. The second-order valence-electron chi connectivity index (χ2n) is 10.2. The normalized spacial score (nSPS) is 49.5. The third-order valence-electron chi connectivity index (χ3n) is 9.10. The average molecular weight is 392 g/mol. The molecular formula is C22H32O6. The highest BCUT2D eigenvalue weighted by atomic mass is 16.7. The van der Waals surface area contributed by atoms with Crippen molar-refractivity contribution in [1.82, 2.24) is 0 Å². The Balaban J connectivity index is 1.86. The Bertz CT molecular complexity index is 733. The summed E-state index contributed by atoms with van der Waals surface area (Å²) in [6.45, 7) is 8.39. The zero-order valence-electron chi connectivity index (χ0n) is 17.1. The number of rotatable bonds is 5. The van der Waals surface area contributed by atoms with Crippen molar-refractivity contribution in [3.63, 3.8) is 0 Å². The molecule has 2 bridgehead atoms. The summed E-state index contributed by atoms with van der Waals surface area (Å²) in [4.78, 5) is 25.0. The fourth-order valence-corrected chi connectivity index (χ4v) is 8.25. The minimum atomic E-state index is -1.01. The molecule has 7 atom stereocenters. The molecule has 0 radical (unpaired) electrons. The molecule has 28 heavy (non-hydrogen) atoms. The van der Waals surface area contributed by atoms with Gasteiger partial charge in [-0.2, -0.15) is 0 Å². The van der Waals surface area contributed by atoms with Crippen molar-refractivity contribution in [2.75, 3.05) is 13.9 Å². The predicted molar refractivity (Wildman–Crippen MR) is 102 cm³/mol. The van der Waals surface area contributed by atoms with Crippen molar-refractivity contribution in [2.45, 2.75) is 64.4 Å². The number of ether oxygens (including phenoxy) is 2. The van der Waals surface area contributed by atoms with E-state index in [9.17, 15) is 19.8 Å². The molecule has 0 amide bonds. The topological polar surface area (TPSA) is 93.1 Å². The van der Waals surface area contributed by atoms with Gasteiger partial charge in [-0.15, -0.1) is 0 Å². The van der Waals surface area contributed by atoms with E-state index >= 15 is 0 Å². The van der Waals surface area contributed by atoms with Crippen LogP contribution in [0.15, 0.2) is 12.2 Å². The summed E-state index contributed by atoms with van der Waals surface area (Å²) in [5.41, 5.74) is -1.36. The second-order valence-corrected chi connectivity index (χ2v) is 10.2. The maximum Gasteiger partial charge on any atom is 0.309 e. The highest BCUT2D eigenvalue weighted by Gasteiger charge is 2.77. The van der Waals surface area contributed by atoms with E-state index < -0.39 is 34.3 Å². The van der Waals surface area contributed by atoms with Gasteiger partial charge in [0.15, 0.2) is 0 Å². The van der Waals surface area contributed by atoms with Crippen LogP contribution in [0.1, 0.15) is 58.8 Å². The van der Waals surface area contributed by atoms with Gasteiger partial charge in [0.05, 0.1) is 16.9 Å². The molecule has 0 unspecified atom stereocenters. The molecule has 0 saturated heterocycles. The maximum atomic E-state index is 12.7. The summed E-state index contributed by atoms with van der Waals surface area (Å²) in [7, 11) is 1.58. The molecule has 156 valence electrons. The minimum absolute atomic E-state index is 0.158. The fourth-order valence-electron chi connectivity index (χ4n) is 8.25. The van der Waals surface area contributed by atoms with Crippen LogP contribution in [-0.4, -0.2) is 41.7 Å². The van der Waals surface area contributed by atoms with Crippen molar-refractivity contribution in [2.24, 2.45) is 34.0 Å². The maximum absolute atomic E-state index is 12.7. The van der Waals surface area contributed by atoms with Crippen molar-refractivity contribution >= 4 is 11.9 Å². The van der Waals surface area contributed by atoms with E-state index in [-0.39, 0.29) is 24.0 Å². The van der Waals surface area contributed by atoms with Crippen LogP contribution >= 0.6 is 0 Å². The first-order chi connectivity index (χ1) is 13.1. The number of carboxylic acid groups (broad SMARTS) is 2. The van der Waals surface area contributed by atoms with Crippen LogP contribution in [0.25, 0.3) is 0 Å². The Hall–Kier alpha value is -1.40. The Morgan fingerprint density at radius 2 is 1.93 bits per heavy atom. The minimum Gasteiger partial charge on any atom is -0.481 e. The van der Waals surface area contributed by atoms with Crippen molar-refractivity contribution < 1.29 is 29.3 Å². The Kier molecular flexibility index (Phi) is 4.30. The molecule has 0 aromatic carbocycles. The lowest BCUT2D eigenvalue weighted by atomic mass is 9.53. The predicted octanol–water partition coefficient (Wildman–Crippen LogP) is 3.70. The molecule has 4 aliphatic rings. The van der Waals surface area contributed by atoms with E-state index in [4.69, 9.17) is 9.47 Å². The molecule has 4 rings (SSSR count). The summed E-state index contributed by atoms with van der Waals surface area (Å²) in [5, 5.41) is 20.5. The second kappa shape index (κ2) is 6.05.